The summed E-state index contributed by atoms with van der Waals surface area (Å²) >= 11 is 0. The Labute approximate surface area is 161 Å². The number of hydrogen-bond donors (Lipinski definition) is 2. The van der Waals surface area contributed by atoms with Crippen molar-refractivity contribution < 1.29 is 23.2 Å². The summed E-state index contributed by atoms with van der Waals surface area (Å²) in [6.07, 6.45) is 1.40. The number of rotatable bonds is 6. The number of anilines is 1. The molecule has 1 aliphatic rings. The van der Waals surface area contributed by atoms with Crippen LogP contribution in [0.25, 0.3) is 0 Å². The standard InChI is InChI=1S/C17H18N4O6S/c22-15-3-1-2-13(10-15)12-18-19-16-5-4-14(21(23)24)11-17(16)28(25,26)20-6-8-27-9-7-20/h1-5,10-12,19,22H,6-9H2. The second-order valence-corrected chi connectivity index (χ2v) is 7.83. The zero-order valence-electron chi connectivity index (χ0n) is 14.7. The Morgan fingerprint density at radius 2 is 1.96 bits per heavy atom. The maximum Gasteiger partial charge on any atom is 0.270 e. The van der Waals surface area contributed by atoms with Gasteiger partial charge in [0.25, 0.3) is 5.69 Å². The highest BCUT2D eigenvalue weighted by atomic mass is 32.2. The lowest BCUT2D eigenvalue weighted by Crippen LogP contribution is -2.40. The van der Waals surface area contributed by atoms with Crippen molar-refractivity contribution in [1.29, 1.82) is 0 Å². The van der Waals surface area contributed by atoms with Gasteiger partial charge in [-0.15, -0.1) is 0 Å². The third-order valence-corrected chi connectivity index (χ3v) is 5.97. The third kappa shape index (κ3) is 4.44. The first-order valence-corrected chi connectivity index (χ1v) is 9.76. The number of phenols is 1. The van der Waals surface area contributed by atoms with Crippen LogP contribution in [0.15, 0.2) is 52.5 Å². The maximum atomic E-state index is 13.0. The van der Waals surface area contributed by atoms with Crippen LogP contribution >= 0.6 is 0 Å². The average Bonchev–Trinajstić information content (AvgIpc) is 2.68. The van der Waals surface area contributed by atoms with Gasteiger partial charge in [0.05, 0.1) is 30.0 Å². The Morgan fingerprint density at radius 1 is 1.21 bits per heavy atom. The summed E-state index contributed by atoms with van der Waals surface area (Å²) in [5.41, 5.74) is 2.98. The normalized spacial score (nSPS) is 15.6. The Bertz CT molecular complexity index is 1000. The molecular weight excluding hydrogens is 388 g/mol. The number of nitro groups is 1. The topological polar surface area (TPSA) is 134 Å². The van der Waals surface area contributed by atoms with Crippen LogP contribution in [0.4, 0.5) is 11.4 Å². The molecule has 2 aromatic carbocycles. The number of sulfonamides is 1. The summed E-state index contributed by atoms with van der Waals surface area (Å²) in [6, 6.07) is 9.83. The van der Waals surface area contributed by atoms with Crippen molar-refractivity contribution in [3.63, 3.8) is 0 Å². The van der Waals surface area contributed by atoms with Crippen LogP contribution in [-0.4, -0.2) is 55.3 Å². The van der Waals surface area contributed by atoms with Gasteiger partial charge in [-0.1, -0.05) is 12.1 Å². The zero-order chi connectivity index (χ0) is 20.1. The molecule has 28 heavy (non-hydrogen) atoms. The highest BCUT2D eigenvalue weighted by Crippen LogP contribution is 2.29. The van der Waals surface area contributed by atoms with E-state index >= 15 is 0 Å². The van der Waals surface area contributed by atoms with Crippen molar-refractivity contribution >= 4 is 27.6 Å². The summed E-state index contributed by atoms with van der Waals surface area (Å²) in [6.45, 7) is 0.840. The minimum atomic E-state index is -3.98. The first-order valence-electron chi connectivity index (χ1n) is 8.32. The highest BCUT2D eigenvalue weighted by molar-refractivity contribution is 7.89. The predicted octanol–water partition coefficient (Wildman–Crippen LogP) is 1.77. The van der Waals surface area contributed by atoms with Crippen LogP contribution in [0.1, 0.15) is 5.56 Å². The van der Waals surface area contributed by atoms with Crippen molar-refractivity contribution in [2.45, 2.75) is 4.90 Å². The van der Waals surface area contributed by atoms with Crippen LogP contribution < -0.4 is 5.43 Å². The second kappa shape index (κ2) is 8.33. The lowest BCUT2D eigenvalue weighted by molar-refractivity contribution is -0.385. The van der Waals surface area contributed by atoms with E-state index in [9.17, 15) is 23.6 Å². The molecule has 2 N–H and O–H groups in total. The van der Waals surface area contributed by atoms with E-state index in [0.717, 1.165) is 6.07 Å². The van der Waals surface area contributed by atoms with Gasteiger partial charge < -0.3 is 9.84 Å². The fraction of sp³-hybridized carbons (Fsp3) is 0.235. The zero-order valence-corrected chi connectivity index (χ0v) is 15.5. The van der Waals surface area contributed by atoms with Crippen LogP contribution in [0.5, 0.6) is 5.75 Å². The molecule has 0 amide bonds. The van der Waals surface area contributed by atoms with Gasteiger partial charge in [-0.3, -0.25) is 15.5 Å². The number of nitro benzene ring substituents is 1. The fourth-order valence-electron chi connectivity index (χ4n) is 2.64. The molecule has 2 aromatic rings. The molecule has 1 heterocycles. The first-order chi connectivity index (χ1) is 13.4. The number of ether oxygens (including phenoxy) is 1. The largest absolute Gasteiger partial charge is 0.508 e. The number of morpholine rings is 1. The Balaban J connectivity index is 1.93. The molecule has 0 aliphatic carbocycles. The Kier molecular flexibility index (Phi) is 5.87. The van der Waals surface area contributed by atoms with Crippen LogP contribution in [0.2, 0.25) is 0 Å². The quantitative estimate of drug-likeness (QED) is 0.424. The van der Waals surface area contributed by atoms with E-state index in [0.29, 0.717) is 5.56 Å². The van der Waals surface area contributed by atoms with Gasteiger partial charge in [0.2, 0.25) is 10.0 Å². The van der Waals surface area contributed by atoms with Crippen molar-refractivity contribution in [3.05, 3.63) is 58.1 Å². The van der Waals surface area contributed by atoms with Crippen molar-refractivity contribution in [3.8, 4) is 5.75 Å². The molecule has 0 radical (unpaired) electrons. The van der Waals surface area contributed by atoms with Gasteiger partial charge in [0.1, 0.15) is 10.6 Å². The Morgan fingerprint density at radius 3 is 2.64 bits per heavy atom. The molecule has 0 bridgehead atoms. The smallest absolute Gasteiger partial charge is 0.270 e. The monoisotopic (exact) mass is 406 g/mol. The van der Waals surface area contributed by atoms with Gasteiger partial charge in [0, 0.05) is 25.2 Å². The van der Waals surface area contributed by atoms with E-state index in [1.807, 2.05) is 0 Å². The van der Waals surface area contributed by atoms with Crippen molar-refractivity contribution in [1.82, 2.24) is 4.31 Å². The van der Waals surface area contributed by atoms with Gasteiger partial charge in [-0.2, -0.15) is 9.41 Å². The summed E-state index contributed by atoms with van der Waals surface area (Å²) in [4.78, 5) is 10.2. The van der Waals surface area contributed by atoms with Crippen LogP contribution in [0, 0.1) is 10.1 Å². The Hall–Kier alpha value is -3.02. The van der Waals surface area contributed by atoms with Crippen molar-refractivity contribution in [2.24, 2.45) is 5.10 Å². The number of hydrogen-bond acceptors (Lipinski definition) is 8. The number of benzene rings is 2. The molecule has 0 saturated carbocycles. The molecular formula is C17H18N4O6S. The number of nitrogens with zero attached hydrogens (tertiary/aromatic N) is 3. The molecule has 0 unspecified atom stereocenters. The van der Waals surface area contributed by atoms with Crippen molar-refractivity contribution in [2.75, 3.05) is 31.7 Å². The van der Waals surface area contributed by atoms with Crippen LogP contribution in [0.3, 0.4) is 0 Å². The van der Waals surface area contributed by atoms with Gasteiger partial charge in [-0.25, -0.2) is 8.42 Å². The molecule has 0 spiro atoms. The predicted molar refractivity (Wildman–Crippen MR) is 102 cm³/mol. The number of phenolic OH excluding ortho intramolecular Hbond substituents is 1. The molecule has 1 aliphatic heterocycles. The molecule has 148 valence electrons. The number of hydrazone groups is 1. The summed E-state index contributed by atoms with van der Waals surface area (Å²) in [5, 5.41) is 24.6. The summed E-state index contributed by atoms with van der Waals surface area (Å²) < 4.78 is 32.4. The van der Waals surface area contributed by atoms with E-state index < -0.39 is 14.9 Å². The molecule has 3 rings (SSSR count). The minimum Gasteiger partial charge on any atom is -0.508 e. The fourth-order valence-corrected chi connectivity index (χ4v) is 4.21. The van der Waals surface area contributed by atoms with Crippen LogP contribution in [-0.2, 0) is 14.8 Å². The van der Waals surface area contributed by atoms with E-state index in [1.165, 1.54) is 34.8 Å². The van der Waals surface area contributed by atoms with Gasteiger partial charge >= 0.3 is 0 Å². The second-order valence-electron chi connectivity index (χ2n) is 5.92. The lowest BCUT2D eigenvalue weighted by Gasteiger charge is -2.26. The average molecular weight is 406 g/mol. The molecule has 11 heteroatoms. The third-order valence-electron chi connectivity index (χ3n) is 4.03. The van der Waals surface area contributed by atoms with Gasteiger partial charge in [0.15, 0.2) is 0 Å². The van der Waals surface area contributed by atoms with E-state index in [4.69, 9.17) is 4.74 Å². The molecule has 10 nitrogen and oxygen atoms in total. The molecule has 0 atom stereocenters. The van der Waals surface area contributed by atoms with E-state index in [2.05, 4.69) is 10.5 Å². The summed E-state index contributed by atoms with van der Waals surface area (Å²) in [7, 11) is -3.98. The van der Waals surface area contributed by atoms with E-state index in [1.54, 1.807) is 12.1 Å². The van der Waals surface area contributed by atoms with Gasteiger partial charge in [-0.05, 0) is 23.8 Å². The first kappa shape index (κ1) is 19.7. The number of nitrogens with one attached hydrogen (secondary N) is 1. The SMILES string of the molecule is O=[N+]([O-])c1ccc(NN=Cc2cccc(O)c2)c(S(=O)(=O)N2CCOCC2)c1. The highest BCUT2D eigenvalue weighted by Gasteiger charge is 2.30. The molecule has 1 saturated heterocycles. The molecule has 0 aromatic heterocycles. The lowest BCUT2D eigenvalue weighted by atomic mass is 10.2. The van der Waals surface area contributed by atoms with E-state index in [-0.39, 0.29) is 48.3 Å². The maximum absolute atomic E-state index is 13.0. The summed E-state index contributed by atoms with van der Waals surface area (Å²) in [5.74, 6) is 0.0647. The number of non-ortho nitro benzene ring substituents is 1. The molecule has 1 fully saturated rings. The minimum absolute atomic E-state index is 0.0647. The number of aromatic hydroxyl groups is 1.